The number of likely N-dealkylation sites (tertiary alicyclic amines) is 1. The van der Waals surface area contributed by atoms with Gasteiger partial charge in [0.1, 0.15) is 5.82 Å². The number of rotatable bonds is 4. The third-order valence-corrected chi connectivity index (χ3v) is 5.79. The molecule has 0 aromatic heterocycles. The summed E-state index contributed by atoms with van der Waals surface area (Å²) in [6, 6.07) is 13.7. The second kappa shape index (κ2) is 7.37. The van der Waals surface area contributed by atoms with Crippen LogP contribution < -0.4 is 0 Å². The molecule has 0 unspecified atom stereocenters. The van der Waals surface area contributed by atoms with Gasteiger partial charge in [-0.1, -0.05) is 41.9 Å². The number of hydrogen-bond acceptors (Lipinski definition) is 2. The Morgan fingerprint density at radius 3 is 2.69 bits per heavy atom. The first kappa shape index (κ1) is 17.5. The smallest absolute Gasteiger partial charge is 0.223 e. The quantitative estimate of drug-likeness (QED) is 0.817. The van der Waals surface area contributed by atoms with Gasteiger partial charge < -0.3 is 4.90 Å². The van der Waals surface area contributed by atoms with Crippen molar-refractivity contribution in [1.29, 1.82) is 0 Å². The van der Waals surface area contributed by atoms with Crippen molar-refractivity contribution in [2.45, 2.75) is 31.8 Å². The molecule has 0 radical (unpaired) electrons. The Labute approximate surface area is 158 Å². The molecule has 5 heteroatoms. The molecule has 4 rings (SSSR count). The van der Waals surface area contributed by atoms with Crippen molar-refractivity contribution in [2.24, 2.45) is 0 Å². The number of aryl methyl sites for hydroxylation is 1. The van der Waals surface area contributed by atoms with E-state index in [1.54, 1.807) is 12.1 Å². The second-order valence-corrected chi connectivity index (χ2v) is 7.60. The molecule has 26 heavy (non-hydrogen) atoms. The summed E-state index contributed by atoms with van der Waals surface area (Å²) in [5.74, 6) is -0.255. The molecule has 0 atom stereocenters. The average molecular weight is 373 g/mol. The number of amides is 1. The molecule has 3 nitrogen and oxygen atoms in total. The van der Waals surface area contributed by atoms with Crippen LogP contribution in [0.25, 0.3) is 0 Å². The molecule has 2 aromatic carbocycles. The molecule has 2 aliphatic rings. The summed E-state index contributed by atoms with van der Waals surface area (Å²) in [5.41, 5.74) is 3.76. The molecule has 1 fully saturated rings. The van der Waals surface area contributed by atoms with Gasteiger partial charge in [0, 0.05) is 38.6 Å². The van der Waals surface area contributed by atoms with Crippen molar-refractivity contribution in [2.75, 3.05) is 19.6 Å². The highest BCUT2D eigenvalue weighted by Crippen LogP contribution is 2.25. The van der Waals surface area contributed by atoms with E-state index < -0.39 is 5.82 Å². The molecule has 0 spiro atoms. The van der Waals surface area contributed by atoms with Crippen molar-refractivity contribution in [1.82, 2.24) is 9.80 Å². The van der Waals surface area contributed by atoms with Crippen molar-refractivity contribution in [3.63, 3.8) is 0 Å². The first-order valence-electron chi connectivity index (χ1n) is 9.12. The van der Waals surface area contributed by atoms with E-state index in [-0.39, 0.29) is 10.9 Å². The number of fused-ring (bicyclic) bond motifs is 1. The lowest BCUT2D eigenvalue weighted by Gasteiger charge is -2.47. The molecule has 2 aromatic rings. The SMILES string of the molecule is O=C(CCc1ccc(F)c(Cl)c1)N1CC(N2CCc3ccccc3C2)C1. The maximum absolute atomic E-state index is 13.2. The minimum Gasteiger partial charge on any atom is -0.339 e. The fourth-order valence-corrected chi connectivity index (χ4v) is 4.03. The number of hydrogen-bond donors (Lipinski definition) is 0. The van der Waals surface area contributed by atoms with E-state index in [2.05, 4.69) is 29.2 Å². The number of halogens is 2. The molecule has 1 amide bonds. The van der Waals surface area contributed by atoms with Crippen LogP contribution in [0.1, 0.15) is 23.1 Å². The van der Waals surface area contributed by atoms with Crippen LogP contribution in [0.2, 0.25) is 5.02 Å². The minimum absolute atomic E-state index is 0.115. The molecule has 0 N–H and O–H groups in total. The van der Waals surface area contributed by atoms with Crippen LogP contribution in [-0.2, 0) is 24.2 Å². The van der Waals surface area contributed by atoms with Gasteiger partial charge >= 0.3 is 0 Å². The van der Waals surface area contributed by atoms with Gasteiger partial charge in [-0.25, -0.2) is 4.39 Å². The third-order valence-electron chi connectivity index (χ3n) is 5.50. The Kier molecular flexibility index (Phi) is 4.96. The van der Waals surface area contributed by atoms with Gasteiger partial charge in [0.05, 0.1) is 5.02 Å². The molecule has 1 saturated heterocycles. The maximum Gasteiger partial charge on any atom is 0.223 e. The molecule has 136 valence electrons. The van der Waals surface area contributed by atoms with Crippen LogP contribution in [0.3, 0.4) is 0 Å². The standard InChI is InChI=1S/C21H22ClFN2O/c22-19-11-15(5-7-20(19)23)6-8-21(26)25-13-18(14-25)24-10-9-16-3-1-2-4-17(16)12-24/h1-5,7,11,18H,6,8-10,12-14H2. The van der Waals surface area contributed by atoms with E-state index in [4.69, 9.17) is 11.6 Å². The van der Waals surface area contributed by atoms with Crippen molar-refractivity contribution >= 4 is 17.5 Å². The Morgan fingerprint density at radius 1 is 1.15 bits per heavy atom. The summed E-state index contributed by atoms with van der Waals surface area (Å²) < 4.78 is 13.2. The van der Waals surface area contributed by atoms with Crippen LogP contribution in [0.5, 0.6) is 0 Å². The van der Waals surface area contributed by atoms with Gasteiger partial charge in [-0.15, -0.1) is 0 Å². The van der Waals surface area contributed by atoms with Gasteiger partial charge in [-0.05, 0) is 41.7 Å². The summed E-state index contributed by atoms with van der Waals surface area (Å²) in [7, 11) is 0. The Morgan fingerprint density at radius 2 is 1.92 bits per heavy atom. The number of carbonyl (C=O) groups excluding carboxylic acids is 1. The summed E-state index contributed by atoms with van der Waals surface area (Å²) in [6.07, 6.45) is 2.13. The Hall–Kier alpha value is -1.91. The Bertz CT molecular complexity index is 819. The van der Waals surface area contributed by atoms with Gasteiger partial charge in [0.25, 0.3) is 0 Å². The number of nitrogens with zero attached hydrogens (tertiary/aromatic N) is 2. The largest absolute Gasteiger partial charge is 0.339 e. The molecular weight excluding hydrogens is 351 g/mol. The van der Waals surface area contributed by atoms with E-state index in [0.29, 0.717) is 18.9 Å². The van der Waals surface area contributed by atoms with E-state index in [1.165, 1.54) is 17.2 Å². The Balaban J connectivity index is 1.25. The fourth-order valence-electron chi connectivity index (χ4n) is 3.82. The zero-order valence-corrected chi connectivity index (χ0v) is 15.4. The van der Waals surface area contributed by atoms with E-state index >= 15 is 0 Å². The highest BCUT2D eigenvalue weighted by molar-refractivity contribution is 6.30. The summed E-state index contributed by atoms with van der Waals surface area (Å²) in [5, 5.41) is 0.115. The predicted octanol–water partition coefficient (Wildman–Crippen LogP) is 3.68. The molecule has 2 heterocycles. The van der Waals surface area contributed by atoms with Crippen LogP contribution in [0, 0.1) is 5.82 Å². The first-order chi connectivity index (χ1) is 12.6. The normalized spacial score (nSPS) is 17.7. The lowest BCUT2D eigenvalue weighted by molar-refractivity contribution is -0.138. The van der Waals surface area contributed by atoms with E-state index in [9.17, 15) is 9.18 Å². The van der Waals surface area contributed by atoms with Crippen LogP contribution in [0.15, 0.2) is 42.5 Å². The number of benzene rings is 2. The molecular formula is C21H22ClFN2O. The lowest BCUT2D eigenvalue weighted by atomic mass is 9.96. The van der Waals surface area contributed by atoms with Crippen molar-refractivity contribution in [3.8, 4) is 0 Å². The number of carbonyl (C=O) groups is 1. The predicted molar refractivity (Wildman–Crippen MR) is 101 cm³/mol. The van der Waals surface area contributed by atoms with Gasteiger partial charge in [0.15, 0.2) is 0 Å². The minimum atomic E-state index is -0.421. The topological polar surface area (TPSA) is 23.6 Å². The highest BCUT2D eigenvalue weighted by atomic mass is 35.5. The first-order valence-corrected chi connectivity index (χ1v) is 9.50. The van der Waals surface area contributed by atoms with Crippen molar-refractivity contribution < 1.29 is 9.18 Å². The summed E-state index contributed by atoms with van der Waals surface area (Å²) in [4.78, 5) is 16.8. The zero-order valence-electron chi connectivity index (χ0n) is 14.6. The second-order valence-electron chi connectivity index (χ2n) is 7.19. The fraction of sp³-hybridized carbons (Fsp3) is 0.381. The molecule has 0 saturated carbocycles. The molecule has 0 bridgehead atoms. The maximum atomic E-state index is 13.2. The van der Waals surface area contributed by atoms with Crippen LogP contribution in [0.4, 0.5) is 4.39 Å². The van der Waals surface area contributed by atoms with Gasteiger partial charge in [-0.3, -0.25) is 9.69 Å². The summed E-state index contributed by atoms with van der Waals surface area (Å²) in [6.45, 7) is 3.67. The van der Waals surface area contributed by atoms with Gasteiger partial charge in [-0.2, -0.15) is 0 Å². The lowest BCUT2D eigenvalue weighted by Crippen LogP contribution is -2.61. The summed E-state index contributed by atoms with van der Waals surface area (Å²) >= 11 is 5.80. The van der Waals surface area contributed by atoms with E-state index in [1.807, 2.05) is 4.90 Å². The molecule has 0 aliphatic carbocycles. The van der Waals surface area contributed by atoms with Crippen LogP contribution >= 0.6 is 11.6 Å². The van der Waals surface area contributed by atoms with Crippen molar-refractivity contribution in [3.05, 3.63) is 70.0 Å². The third kappa shape index (κ3) is 3.62. The highest BCUT2D eigenvalue weighted by Gasteiger charge is 2.35. The average Bonchev–Trinajstić information content (AvgIpc) is 2.61. The van der Waals surface area contributed by atoms with Gasteiger partial charge in [0.2, 0.25) is 5.91 Å². The van der Waals surface area contributed by atoms with Crippen LogP contribution in [-0.4, -0.2) is 41.4 Å². The van der Waals surface area contributed by atoms with E-state index in [0.717, 1.165) is 38.2 Å². The monoisotopic (exact) mass is 372 g/mol. The zero-order chi connectivity index (χ0) is 18.1. The molecule has 2 aliphatic heterocycles.